The van der Waals surface area contributed by atoms with Crippen molar-refractivity contribution in [3.63, 3.8) is 0 Å². The maximum Gasteiger partial charge on any atom is 0.119 e. The molecule has 1 aliphatic heterocycles. The molecule has 0 spiro atoms. The number of nitrogens with zero attached hydrogens (tertiary/aromatic N) is 1. The predicted molar refractivity (Wildman–Crippen MR) is 92.0 cm³/mol. The maximum absolute atomic E-state index is 5.87. The van der Waals surface area contributed by atoms with Crippen LogP contribution in [0.5, 0.6) is 5.75 Å². The summed E-state index contributed by atoms with van der Waals surface area (Å²) in [6.07, 6.45) is 3.71. The minimum Gasteiger partial charge on any atom is -0.492 e. The molecule has 118 valence electrons. The molecule has 1 N–H and O–H groups in total. The second kappa shape index (κ2) is 8.76. The highest BCUT2D eigenvalue weighted by Gasteiger charge is 2.25. The number of benzene rings is 1. The molecule has 1 aromatic rings. The molecular weight excluding hydrogens is 328 g/mol. The highest BCUT2D eigenvalue weighted by atomic mass is 79.9. The van der Waals surface area contributed by atoms with E-state index in [0.717, 1.165) is 36.5 Å². The molecule has 4 heteroatoms. The maximum atomic E-state index is 5.87. The fraction of sp³-hybridized carbons (Fsp3) is 0.647. The molecule has 21 heavy (non-hydrogen) atoms. The Labute approximate surface area is 137 Å². The van der Waals surface area contributed by atoms with Crippen molar-refractivity contribution in [2.24, 2.45) is 0 Å². The molecule has 2 atom stereocenters. The standard InChI is InChI=1S/C17H27BrN2O/c1-3-5-15-13-20(16(4-2)12-19-15)10-11-21-17-8-6-14(18)7-9-17/h6-9,15-16,19H,3-5,10-13H2,1-2H3. The summed E-state index contributed by atoms with van der Waals surface area (Å²) in [4.78, 5) is 2.59. The normalized spacial score (nSPS) is 23.2. The largest absolute Gasteiger partial charge is 0.492 e. The van der Waals surface area contributed by atoms with Crippen molar-refractivity contribution in [2.45, 2.75) is 45.2 Å². The van der Waals surface area contributed by atoms with E-state index >= 15 is 0 Å². The highest BCUT2D eigenvalue weighted by molar-refractivity contribution is 9.10. The number of hydrogen-bond acceptors (Lipinski definition) is 3. The lowest BCUT2D eigenvalue weighted by Gasteiger charge is -2.40. The number of piperazine rings is 1. The van der Waals surface area contributed by atoms with Gasteiger partial charge in [-0.05, 0) is 37.1 Å². The van der Waals surface area contributed by atoms with E-state index < -0.39 is 0 Å². The van der Waals surface area contributed by atoms with E-state index in [4.69, 9.17) is 4.74 Å². The lowest BCUT2D eigenvalue weighted by Crippen LogP contribution is -2.56. The molecule has 1 aromatic carbocycles. The summed E-state index contributed by atoms with van der Waals surface area (Å²) in [5, 5.41) is 3.68. The van der Waals surface area contributed by atoms with Crippen LogP contribution < -0.4 is 10.1 Å². The van der Waals surface area contributed by atoms with Gasteiger partial charge in [-0.15, -0.1) is 0 Å². The van der Waals surface area contributed by atoms with Crippen molar-refractivity contribution in [2.75, 3.05) is 26.2 Å². The zero-order valence-corrected chi connectivity index (χ0v) is 14.7. The SMILES string of the molecule is CCCC1CN(CCOc2ccc(Br)cc2)C(CC)CN1. The lowest BCUT2D eigenvalue weighted by atomic mass is 10.0. The first-order valence-electron chi connectivity index (χ1n) is 8.08. The predicted octanol–water partition coefficient (Wildman–Crippen LogP) is 3.68. The third kappa shape index (κ3) is 5.28. The van der Waals surface area contributed by atoms with Gasteiger partial charge in [-0.2, -0.15) is 0 Å². The van der Waals surface area contributed by atoms with Gasteiger partial charge in [-0.25, -0.2) is 0 Å². The third-order valence-electron chi connectivity index (χ3n) is 4.18. The first-order valence-corrected chi connectivity index (χ1v) is 8.88. The van der Waals surface area contributed by atoms with Crippen molar-refractivity contribution in [1.29, 1.82) is 0 Å². The molecule has 0 aromatic heterocycles. The van der Waals surface area contributed by atoms with E-state index in [0.29, 0.717) is 12.1 Å². The molecule has 1 fully saturated rings. The van der Waals surface area contributed by atoms with Gasteiger partial charge in [-0.1, -0.05) is 36.2 Å². The zero-order valence-electron chi connectivity index (χ0n) is 13.1. The smallest absolute Gasteiger partial charge is 0.119 e. The van der Waals surface area contributed by atoms with Crippen LogP contribution in [0.15, 0.2) is 28.7 Å². The Morgan fingerprint density at radius 3 is 2.71 bits per heavy atom. The van der Waals surface area contributed by atoms with Crippen LogP contribution in [0.1, 0.15) is 33.1 Å². The Morgan fingerprint density at radius 2 is 2.05 bits per heavy atom. The topological polar surface area (TPSA) is 24.5 Å². The molecule has 1 heterocycles. The molecule has 0 bridgehead atoms. The molecule has 1 aliphatic rings. The van der Waals surface area contributed by atoms with Crippen LogP contribution in [0.2, 0.25) is 0 Å². The van der Waals surface area contributed by atoms with Crippen molar-refractivity contribution in [3.05, 3.63) is 28.7 Å². The van der Waals surface area contributed by atoms with Crippen LogP contribution >= 0.6 is 15.9 Å². The monoisotopic (exact) mass is 354 g/mol. The van der Waals surface area contributed by atoms with Crippen LogP contribution in [0.25, 0.3) is 0 Å². The number of halogens is 1. The average Bonchev–Trinajstić information content (AvgIpc) is 2.50. The number of nitrogens with one attached hydrogen (secondary N) is 1. The van der Waals surface area contributed by atoms with Crippen LogP contribution in [-0.4, -0.2) is 43.2 Å². The van der Waals surface area contributed by atoms with Gasteiger partial charge in [0.05, 0.1) is 0 Å². The van der Waals surface area contributed by atoms with E-state index in [2.05, 4.69) is 40.0 Å². The fourth-order valence-electron chi connectivity index (χ4n) is 2.96. The molecule has 1 saturated heterocycles. The summed E-state index contributed by atoms with van der Waals surface area (Å²) >= 11 is 3.44. The second-order valence-corrected chi connectivity index (χ2v) is 6.67. The van der Waals surface area contributed by atoms with Crippen LogP contribution in [0.3, 0.4) is 0 Å². The van der Waals surface area contributed by atoms with Crippen molar-refractivity contribution >= 4 is 15.9 Å². The third-order valence-corrected chi connectivity index (χ3v) is 4.71. The summed E-state index contributed by atoms with van der Waals surface area (Å²) in [6.45, 7) is 8.56. The molecule has 0 aliphatic carbocycles. The van der Waals surface area contributed by atoms with Crippen LogP contribution in [0, 0.1) is 0 Å². The average molecular weight is 355 g/mol. The quantitative estimate of drug-likeness (QED) is 0.808. The molecule has 0 saturated carbocycles. The molecular formula is C17H27BrN2O. The Bertz CT molecular complexity index is 410. The summed E-state index contributed by atoms with van der Waals surface area (Å²) in [7, 11) is 0. The first-order chi connectivity index (χ1) is 10.2. The lowest BCUT2D eigenvalue weighted by molar-refractivity contribution is 0.104. The van der Waals surface area contributed by atoms with E-state index in [1.807, 2.05) is 24.3 Å². The van der Waals surface area contributed by atoms with Gasteiger partial charge < -0.3 is 10.1 Å². The summed E-state index contributed by atoms with van der Waals surface area (Å²) in [5.41, 5.74) is 0. The van der Waals surface area contributed by atoms with E-state index in [9.17, 15) is 0 Å². The van der Waals surface area contributed by atoms with Gasteiger partial charge in [0, 0.05) is 36.2 Å². The zero-order chi connectivity index (χ0) is 15.1. The van der Waals surface area contributed by atoms with E-state index in [-0.39, 0.29) is 0 Å². The van der Waals surface area contributed by atoms with Crippen LogP contribution in [-0.2, 0) is 0 Å². The van der Waals surface area contributed by atoms with Crippen LogP contribution in [0.4, 0.5) is 0 Å². The molecule has 0 amide bonds. The van der Waals surface area contributed by atoms with Gasteiger partial charge in [-0.3, -0.25) is 4.90 Å². The Balaban J connectivity index is 1.79. The number of ether oxygens (including phenoxy) is 1. The van der Waals surface area contributed by atoms with Gasteiger partial charge in [0.15, 0.2) is 0 Å². The number of rotatable bonds is 7. The molecule has 0 radical (unpaired) electrons. The first kappa shape index (κ1) is 16.8. The summed E-state index contributed by atoms with van der Waals surface area (Å²) in [5.74, 6) is 0.950. The van der Waals surface area contributed by atoms with Crippen molar-refractivity contribution in [3.8, 4) is 5.75 Å². The van der Waals surface area contributed by atoms with Crippen molar-refractivity contribution < 1.29 is 4.74 Å². The number of hydrogen-bond donors (Lipinski definition) is 1. The molecule has 2 rings (SSSR count). The van der Waals surface area contributed by atoms with Gasteiger partial charge in [0.25, 0.3) is 0 Å². The van der Waals surface area contributed by atoms with Crippen molar-refractivity contribution in [1.82, 2.24) is 10.2 Å². The van der Waals surface area contributed by atoms with E-state index in [1.54, 1.807) is 0 Å². The minimum atomic E-state index is 0.644. The Kier molecular flexibility index (Phi) is 7.00. The molecule has 2 unspecified atom stereocenters. The van der Waals surface area contributed by atoms with Gasteiger partial charge in [0.1, 0.15) is 12.4 Å². The van der Waals surface area contributed by atoms with Gasteiger partial charge in [0.2, 0.25) is 0 Å². The van der Waals surface area contributed by atoms with Gasteiger partial charge >= 0.3 is 0 Å². The van der Waals surface area contributed by atoms with E-state index in [1.165, 1.54) is 19.3 Å². The second-order valence-electron chi connectivity index (χ2n) is 5.75. The Hall–Kier alpha value is -0.580. The summed E-state index contributed by atoms with van der Waals surface area (Å²) in [6, 6.07) is 9.36. The summed E-state index contributed by atoms with van der Waals surface area (Å²) < 4.78 is 6.96. The Morgan fingerprint density at radius 1 is 1.29 bits per heavy atom. The minimum absolute atomic E-state index is 0.644. The fourth-order valence-corrected chi connectivity index (χ4v) is 3.22. The highest BCUT2D eigenvalue weighted by Crippen LogP contribution is 2.17. The molecule has 3 nitrogen and oxygen atoms in total.